The summed E-state index contributed by atoms with van der Waals surface area (Å²) in [4.78, 5) is 15.8. The van der Waals surface area contributed by atoms with Gasteiger partial charge in [0.1, 0.15) is 5.25 Å². The Morgan fingerprint density at radius 3 is 2.32 bits per heavy atom. The molecule has 1 amide bonds. The predicted octanol–water partition coefficient (Wildman–Crippen LogP) is 0.676. The molecular weight excluding hydrogens is 302 g/mol. The van der Waals surface area contributed by atoms with Crippen molar-refractivity contribution in [3.05, 3.63) is 29.8 Å². The Labute approximate surface area is 130 Å². The highest BCUT2D eigenvalue weighted by atomic mass is 32.2. The van der Waals surface area contributed by atoms with Gasteiger partial charge in [0.2, 0.25) is 15.9 Å². The number of rotatable bonds is 4. The van der Waals surface area contributed by atoms with E-state index in [1.807, 2.05) is 12.1 Å². The summed E-state index contributed by atoms with van der Waals surface area (Å²) < 4.78 is 22.7. The van der Waals surface area contributed by atoms with E-state index >= 15 is 0 Å². The summed E-state index contributed by atoms with van der Waals surface area (Å²) in [5.41, 5.74) is 2.21. The van der Waals surface area contributed by atoms with Crippen molar-refractivity contribution in [3.63, 3.8) is 0 Å². The van der Waals surface area contributed by atoms with Gasteiger partial charge in [0.15, 0.2) is 0 Å². The van der Waals surface area contributed by atoms with Crippen molar-refractivity contribution in [3.8, 4) is 0 Å². The number of nitrogens with zero attached hydrogens (tertiary/aromatic N) is 2. The first kappa shape index (κ1) is 15.3. The van der Waals surface area contributed by atoms with Crippen LogP contribution in [0.5, 0.6) is 0 Å². The number of carbonyl (C=O) groups excluding carboxylic acids is 1. The van der Waals surface area contributed by atoms with Crippen LogP contribution < -0.4 is 10.0 Å². The lowest BCUT2D eigenvalue weighted by molar-refractivity contribution is -0.128. The number of nitrogens with two attached hydrogens (primary N) is 1. The van der Waals surface area contributed by atoms with Crippen LogP contribution in [0.1, 0.15) is 24.8 Å². The number of hydrogen-bond acceptors (Lipinski definition) is 4. The average Bonchev–Trinajstić information content (AvgIpc) is 3.10. The van der Waals surface area contributed by atoms with E-state index in [9.17, 15) is 13.2 Å². The number of hydrogen-bond donors (Lipinski definition) is 1. The number of carbonyl (C=O) groups is 1. The van der Waals surface area contributed by atoms with Gasteiger partial charge in [-0.3, -0.25) is 4.79 Å². The van der Waals surface area contributed by atoms with Crippen LogP contribution in [-0.2, 0) is 21.4 Å². The predicted molar refractivity (Wildman–Crippen MR) is 84.8 cm³/mol. The molecule has 22 heavy (non-hydrogen) atoms. The largest absolute Gasteiger partial charge is 0.372 e. The van der Waals surface area contributed by atoms with E-state index in [-0.39, 0.29) is 18.9 Å². The van der Waals surface area contributed by atoms with Gasteiger partial charge in [-0.25, -0.2) is 13.6 Å². The minimum Gasteiger partial charge on any atom is -0.372 e. The molecule has 0 aliphatic carbocycles. The molecule has 0 aromatic heterocycles. The second-order valence-electron chi connectivity index (χ2n) is 6.05. The summed E-state index contributed by atoms with van der Waals surface area (Å²) in [5, 5.41) is 4.36. The summed E-state index contributed by atoms with van der Waals surface area (Å²) in [6.07, 6.45) is 2.46. The van der Waals surface area contributed by atoms with Gasteiger partial charge in [-0.15, -0.1) is 0 Å². The highest BCUT2D eigenvalue weighted by molar-refractivity contribution is 7.89. The first-order chi connectivity index (χ1) is 10.4. The molecule has 6 nitrogen and oxygen atoms in total. The molecule has 1 aromatic rings. The molecule has 1 atom stereocenters. The Morgan fingerprint density at radius 1 is 1.14 bits per heavy atom. The van der Waals surface area contributed by atoms with Gasteiger partial charge in [-0.05, 0) is 30.5 Å². The molecule has 120 valence electrons. The van der Waals surface area contributed by atoms with Gasteiger partial charge >= 0.3 is 0 Å². The molecule has 2 N–H and O–H groups in total. The summed E-state index contributed by atoms with van der Waals surface area (Å²) in [6.45, 7) is 2.82. The standard InChI is InChI=1S/C15H21N3O3S/c16-22(20,21)14-9-15(19)18(11-14)10-12-3-5-13(6-4-12)17-7-1-2-8-17/h3-6,14H,1-2,7-11H2,(H2,16,20,21). The molecule has 0 bridgehead atoms. The molecule has 0 spiro atoms. The molecule has 2 aliphatic heterocycles. The van der Waals surface area contributed by atoms with E-state index in [1.165, 1.54) is 18.5 Å². The monoisotopic (exact) mass is 323 g/mol. The number of benzene rings is 1. The van der Waals surface area contributed by atoms with Crippen LogP contribution in [-0.4, -0.2) is 44.1 Å². The van der Waals surface area contributed by atoms with E-state index in [0.717, 1.165) is 18.7 Å². The van der Waals surface area contributed by atoms with E-state index in [2.05, 4.69) is 17.0 Å². The molecule has 0 saturated carbocycles. The van der Waals surface area contributed by atoms with Crippen LogP contribution in [0.4, 0.5) is 5.69 Å². The van der Waals surface area contributed by atoms with Crippen LogP contribution in [0.2, 0.25) is 0 Å². The maximum atomic E-state index is 11.9. The summed E-state index contributed by atoms with van der Waals surface area (Å²) in [6, 6.07) is 8.15. The van der Waals surface area contributed by atoms with Crippen molar-refractivity contribution in [2.45, 2.75) is 31.1 Å². The Hall–Kier alpha value is -1.60. The smallest absolute Gasteiger partial charge is 0.224 e. The third-order valence-electron chi connectivity index (χ3n) is 4.42. The molecule has 7 heteroatoms. The van der Waals surface area contributed by atoms with Gasteiger partial charge in [0, 0.05) is 38.3 Å². The molecule has 2 saturated heterocycles. The number of sulfonamides is 1. The molecule has 2 heterocycles. The van der Waals surface area contributed by atoms with Gasteiger partial charge in [0.05, 0.1) is 0 Å². The summed E-state index contributed by atoms with van der Waals surface area (Å²) in [5.74, 6) is -0.150. The zero-order chi connectivity index (χ0) is 15.7. The zero-order valence-electron chi connectivity index (χ0n) is 12.4. The van der Waals surface area contributed by atoms with E-state index in [4.69, 9.17) is 5.14 Å². The fourth-order valence-electron chi connectivity index (χ4n) is 3.12. The zero-order valence-corrected chi connectivity index (χ0v) is 13.3. The number of amides is 1. The second kappa shape index (κ2) is 5.89. The van der Waals surface area contributed by atoms with Crippen molar-refractivity contribution in [1.82, 2.24) is 4.90 Å². The molecule has 0 radical (unpaired) electrons. The van der Waals surface area contributed by atoms with Crippen LogP contribution in [0.25, 0.3) is 0 Å². The van der Waals surface area contributed by atoms with Crippen molar-refractivity contribution >= 4 is 21.6 Å². The fourth-order valence-corrected chi connectivity index (χ4v) is 3.88. The quantitative estimate of drug-likeness (QED) is 0.883. The van der Waals surface area contributed by atoms with Crippen LogP contribution >= 0.6 is 0 Å². The Balaban J connectivity index is 1.65. The molecule has 1 unspecified atom stereocenters. The molecule has 2 fully saturated rings. The summed E-state index contributed by atoms with van der Waals surface area (Å²) in [7, 11) is -3.65. The van der Waals surface area contributed by atoms with Crippen LogP contribution in [0.3, 0.4) is 0 Å². The lowest BCUT2D eigenvalue weighted by Gasteiger charge is -2.19. The van der Waals surface area contributed by atoms with E-state index in [0.29, 0.717) is 6.54 Å². The Kier molecular flexibility index (Phi) is 4.10. The molecule has 1 aromatic carbocycles. The highest BCUT2D eigenvalue weighted by Gasteiger charge is 2.36. The number of likely N-dealkylation sites (tertiary alicyclic amines) is 1. The van der Waals surface area contributed by atoms with Crippen molar-refractivity contribution in [2.75, 3.05) is 24.5 Å². The van der Waals surface area contributed by atoms with E-state index < -0.39 is 15.3 Å². The molecular formula is C15H21N3O3S. The lowest BCUT2D eigenvalue weighted by Crippen LogP contribution is -2.31. The first-order valence-electron chi connectivity index (χ1n) is 7.57. The minimum absolute atomic E-state index is 0.00923. The fraction of sp³-hybridized carbons (Fsp3) is 0.533. The second-order valence-corrected chi connectivity index (χ2v) is 7.89. The third-order valence-corrected chi connectivity index (χ3v) is 5.67. The Bertz CT molecular complexity index is 651. The topological polar surface area (TPSA) is 83.7 Å². The van der Waals surface area contributed by atoms with Crippen molar-refractivity contribution in [2.24, 2.45) is 5.14 Å². The highest BCUT2D eigenvalue weighted by Crippen LogP contribution is 2.23. The van der Waals surface area contributed by atoms with Gasteiger partial charge in [-0.1, -0.05) is 12.1 Å². The normalized spacial score (nSPS) is 22.6. The average molecular weight is 323 g/mol. The Morgan fingerprint density at radius 2 is 1.77 bits per heavy atom. The lowest BCUT2D eigenvalue weighted by atomic mass is 10.2. The van der Waals surface area contributed by atoms with Gasteiger partial charge in [-0.2, -0.15) is 0 Å². The van der Waals surface area contributed by atoms with Gasteiger partial charge < -0.3 is 9.80 Å². The summed E-state index contributed by atoms with van der Waals surface area (Å²) >= 11 is 0. The van der Waals surface area contributed by atoms with Crippen molar-refractivity contribution in [1.29, 1.82) is 0 Å². The maximum absolute atomic E-state index is 11.9. The minimum atomic E-state index is -3.65. The van der Waals surface area contributed by atoms with Crippen molar-refractivity contribution < 1.29 is 13.2 Å². The van der Waals surface area contributed by atoms with Gasteiger partial charge in [0.25, 0.3) is 0 Å². The van der Waals surface area contributed by atoms with E-state index in [1.54, 1.807) is 4.90 Å². The molecule has 3 rings (SSSR count). The number of anilines is 1. The first-order valence-corrected chi connectivity index (χ1v) is 9.18. The van der Waals surface area contributed by atoms with Crippen LogP contribution in [0, 0.1) is 0 Å². The third kappa shape index (κ3) is 3.25. The SMILES string of the molecule is NS(=O)(=O)C1CC(=O)N(Cc2ccc(N3CCCC3)cc2)C1. The maximum Gasteiger partial charge on any atom is 0.224 e. The molecule has 2 aliphatic rings. The number of primary sulfonamides is 1. The van der Waals surface area contributed by atoms with Crippen LogP contribution in [0.15, 0.2) is 24.3 Å².